The van der Waals surface area contributed by atoms with E-state index in [-0.39, 0.29) is 42.8 Å². The van der Waals surface area contributed by atoms with Gasteiger partial charge in [0.05, 0.1) is 41.3 Å². The molecule has 5 aromatic rings. The maximum absolute atomic E-state index is 13.6. The van der Waals surface area contributed by atoms with Crippen molar-refractivity contribution in [1.29, 1.82) is 0 Å². The summed E-state index contributed by atoms with van der Waals surface area (Å²) in [6.07, 6.45) is 5.43. The Kier molecular flexibility index (Phi) is 9.42. The molecular formula is C37H43ClN8O4. The number of carbonyl (C=O) groups excluding carboxylic acids is 1. The van der Waals surface area contributed by atoms with Gasteiger partial charge in [-0.3, -0.25) is 14.6 Å². The number of benzene rings is 2. The summed E-state index contributed by atoms with van der Waals surface area (Å²) in [5.74, 6) is 2.60. The molecule has 0 bridgehead atoms. The highest BCUT2D eigenvalue weighted by Crippen LogP contribution is 2.39. The fourth-order valence-corrected chi connectivity index (χ4v) is 7.02. The Hall–Kier alpha value is -4.65. The Balaban J connectivity index is 1.09. The number of amides is 2. The second kappa shape index (κ2) is 13.9. The van der Waals surface area contributed by atoms with Crippen molar-refractivity contribution in [2.45, 2.75) is 70.1 Å². The number of aliphatic hydroxyl groups excluding tert-OH is 1. The molecule has 50 heavy (non-hydrogen) atoms. The van der Waals surface area contributed by atoms with Crippen LogP contribution in [-0.4, -0.2) is 67.2 Å². The van der Waals surface area contributed by atoms with Crippen LogP contribution in [0.3, 0.4) is 0 Å². The van der Waals surface area contributed by atoms with Crippen molar-refractivity contribution in [1.82, 2.24) is 34.6 Å². The van der Waals surface area contributed by atoms with Crippen LogP contribution in [0.25, 0.3) is 11.3 Å². The largest absolute Gasteiger partial charge is 0.490 e. The number of hydrogen-bond acceptors (Lipinski definition) is 8. The molecule has 2 amide bonds. The number of aliphatic hydroxyl groups is 1. The second-order valence-corrected chi connectivity index (χ2v) is 14.4. The molecule has 0 saturated carbocycles. The van der Waals surface area contributed by atoms with Gasteiger partial charge in [0.1, 0.15) is 30.0 Å². The zero-order valence-electron chi connectivity index (χ0n) is 28.8. The van der Waals surface area contributed by atoms with E-state index in [1.807, 2.05) is 47.0 Å². The van der Waals surface area contributed by atoms with Crippen LogP contribution in [0.1, 0.15) is 87.3 Å². The van der Waals surface area contributed by atoms with Crippen LogP contribution in [0, 0.1) is 0 Å². The number of anilines is 1. The Morgan fingerprint density at radius 2 is 1.86 bits per heavy atom. The number of aromatic nitrogens is 5. The van der Waals surface area contributed by atoms with E-state index < -0.39 is 0 Å². The van der Waals surface area contributed by atoms with Gasteiger partial charge in [0, 0.05) is 17.5 Å². The van der Waals surface area contributed by atoms with Crippen LogP contribution in [0.2, 0.25) is 5.02 Å². The number of urea groups is 1. The highest BCUT2D eigenvalue weighted by molar-refractivity contribution is 6.32. The monoisotopic (exact) mass is 698 g/mol. The minimum absolute atomic E-state index is 0.105. The lowest BCUT2D eigenvalue weighted by atomic mass is 9.85. The van der Waals surface area contributed by atoms with E-state index in [1.54, 1.807) is 16.8 Å². The van der Waals surface area contributed by atoms with Crippen LogP contribution in [0.4, 0.5) is 10.6 Å². The minimum Gasteiger partial charge on any atom is -0.490 e. The average Bonchev–Trinajstić information content (AvgIpc) is 3.83. The van der Waals surface area contributed by atoms with Crippen LogP contribution in [0.15, 0.2) is 66.9 Å². The number of likely N-dealkylation sites (tertiary alicyclic amines) is 1. The van der Waals surface area contributed by atoms with Gasteiger partial charge in [-0.2, -0.15) is 5.10 Å². The summed E-state index contributed by atoms with van der Waals surface area (Å²) in [6.45, 7) is 7.21. The number of nitrogens with zero attached hydrogens (tertiary/aromatic N) is 6. The highest BCUT2D eigenvalue weighted by Gasteiger charge is 2.31. The molecule has 12 nitrogen and oxygen atoms in total. The van der Waals surface area contributed by atoms with Crippen LogP contribution >= 0.6 is 11.6 Å². The molecule has 1 saturated heterocycles. The molecule has 13 heteroatoms. The molecule has 3 aromatic heterocycles. The minimum atomic E-state index is -0.348. The topological polar surface area (TPSA) is 131 Å². The molecule has 2 aliphatic rings. The van der Waals surface area contributed by atoms with Crippen molar-refractivity contribution in [3.63, 3.8) is 0 Å². The quantitative estimate of drug-likeness (QED) is 0.154. The van der Waals surface area contributed by atoms with Gasteiger partial charge in [0.2, 0.25) is 0 Å². The molecule has 1 fully saturated rings. The van der Waals surface area contributed by atoms with Crippen molar-refractivity contribution >= 4 is 29.1 Å². The fraction of sp³-hybridized carbons (Fsp3) is 0.405. The maximum atomic E-state index is 13.6. The molecule has 3 N–H and O–H groups in total. The van der Waals surface area contributed by atoms with Crippen molar-refractivity contribution in [2.24, 2.45) is 0 Å². The number of carbonyl (C=O) groups is 1. The smallest absolute Gasteiger partial charge is 0.320 e. The lowest BCUT2D eigenvalue weighted by Crippen LogP contribution is -2.36. The number of rotatable bonds is 9. The number of pyridine rings is 1. The molecule has 7 rings (SSSR count). The van der Waals surface area contributed by atoms with E-state index >= 15 is 0 Å². The molecule has 2 aromatic carbocycles. The summed E-state index contributed by atoms with van der Waals surface area (Å²) in [7, 11) is 2.13. The zero-order valence-corrected chi connectivity index (χ0v) is 29.5. The number of nitrogens with one attached hydrogen (secondary N) is 2. The third-order valence-corrected chi connectivity index (χ3v) is 9.78. The first-order valence-electron chi connectivity index (χ1n) is 17.1. The lowest BCUT2D eigenvalue weighted by Gasteiger charge is -2.32. The highest BCUT2D eigenvalue weighted by atomic mass is 35.5. The normalized spacial score (nSPS) is 19.4. The summed E-state index contributed by atoms with van der Waals surface area (Å²) in [4.78, 5) is 16.0. The number of halogens is 1. The molecule has 3 atom stereocenters. The molecule has 1 aliphatic carbocycles. The molecule has 4 heterocycles. The van der Waals surface area contributed by atoms with Crippen molar-refractivity contribution in [3.05, 3.63) is 94.5 Å². The van der Waals surface area contributed by atoms with E-state index in [9.17, 15) is 9.90 Å². The van der Waals surface area contributed by atoms with E-state index in [2.05, 4.69) is 65.7 Å². The SMILES string of the molecule is CN1CCCC1c1nnc2ccc(OC3CCC(NC(=O)Nc4cc(C(C)(C)C)nn4-c4ccc(Cl)c(OCCO)c4)c4ccccc43)cn12. The zero-order chi connectivity index (χ0) is 35.0. The van der Waals surface area contributed by atoms with Gasteiger partial charge >= 0.3 is 6.03 Å². The molecule has 262 valence electrons. The summed E-state index contributed by atoms with van der Waals surface area (Å²) < 4.78 is 16.0. The number of ether oxygens (including phenoxy) is 2. The average molecular weight is 699 g/mol. The Morgan fingerprint density at radius 3 is 2.62 bits per heavy atom. The van der Waals surface area contributed by atoms with Gasteiger partial charge in [-0.1, -0.05) is 56.6 Å². The predicted molar refractivity (Wildman–Crippen MR) is 191 cm³/mol. The Labute approximate surface area is 296 Å². The number of fused-ring (bicyclic) bond motifs is 2. The fourth-order valence-electron chi connectivity index (χ4n) is 6.84. The second-order valence-electron chi connectivity index (χ2n) is 14.0. The van der Waals surface area contributed by atoms with E-state index in [0.29, 0.717) is 35.1 Å². The Bertz CT molecular complexity index is 2000. The Morgan fingerprint density at radius 1 is 1.04 bits per heavy atom. The van der Waals surface area contributed by atoms with Gasteiger partial charge in [-0.25, -0.2) is 9.48 Å². The van der Waals surface area contributed by atoms with Crippen LogP contribution < -0.4 is 20.1 Å². The first-order valence-corrected chi connectivity index (χ1v) is 17.5. The number of hydrogen-bond donors (Lipinski definition) is 3. The molecular weight excluding hydrogens is 656 g/mol. The van der Waals surface area contributed by atoms with Gasteiger partial charge in [-0.15, -0.1) is 10.2 Å². The van der Waals surface area contributed by atoms with Gasteiger partial charge in [0.25, 0.3) is 0 Å². The molecule has 1 aliphatic heterocycles. The van der Waals surface area contributed by atoms with Gasteiger partial charge < -0.3 is 19.9 Å². The molecule has 0 radical (unpaired) electrons. The third kappa shape index (κ3) is 6.87. The predicted octanol–water partition coefficient (Wildman–Crippen LogP) is 6.78. The first-order chi connectivity index (χ1) is 24.1. The van der Waals surface area contributed by atoms with Gasteiger partial charge in [-0.05, 0) is 74.7 Å². The van der Waals surface area contributed by atoms with E-state index in [0.717, 1.165) is 53.4 Å². The van der Waals surface area contributed by atoms with Crippen LogP contribution in [-0.2, 0) is 5.41 Å². The van der Waals surface area contributed by atoms with E-state index in [1.165, 1.54) is 0 Å². The standard InChI is InChI=1S/C37H43ClN8O4/c1-37(2,3)32-21-34(46(43-32)23-11-13-27(38)31(20-23)49-19-18-47)40-36(48)39-28-14-15-30(26-9-6-5-8-25(26)28)50-24-12-16-33-41-42-35(45(33)22-24)29-10-7-17-44(29)4/h5-6,8-9,11-13,16,20-22,28-30,47H,7,10,14-15,17-19H2,1-4H3,(H2,39,40,48). The first kappa shape index (κ1) is 33.8. The maximum Gasteiger partial charge on any atom is 0.320 e. The summed E-state index contributed by atoms with van der Waals surface area (Å²) in [5, 5.41) is 29.7. The summed E-state index contributed by atoms with van der Waals surface area (Å²) in [6, 6.07) is 18.8. The van der Waals surface area contributed by atoms with Crippen LogP contribution in [0.5, 0.6) is 11.5 Å². The summed E-state index contributed by atoms with van der Waals surface area (Å²) in [5.41, 5.74) is 4.05. The molecule has 0 spiro atoms. The van der Waals surface area contributed by atoms with Gasteiger partial charge in [0.15, 0.2) is 11.5 Å². The lowest BCUT2D eigenvalue weighted by molar-refractivity contribution is 0.171. The third-order valence-electron chi connectivity index (χ3n) is 9.47. The van der Waals surface area contributed by atoms with Crippen molar-refractivity contribution in [2.75, 3.05) is 32.1 Å². The van der Waals surface area contributed by atoms with E-state index in [4.69, 9.17) is 26.2 Å². The van der Waals surface area contributed by atoms with Crippen molar-refractivity contribution < 1.29 is 19.4 Å². The summed E-state index contributed by atoms with van der Waals surface area (Å²) >= 11 is 6.35. The van der Waals surface area contributed by atoms with Crippen molar-refractivity contribution in [3.8, 4) is 17.2 Å². The molecule has 3 unspecified atom stereocenters.